The second kappa shape index (κ2) is 13.4. The van der Waals surface area contributed by atoms with E-state index in [1.165, 1.54) is 57.8 Å². The molecule has 0 saturated heterocycles. The molecule has 2 heteroatoms. The molecule has 0 bridgehead atoms. The van der Waals surface area contributed by atoms with Crippen LogP contribution in [0, 0.1) is 0 Å². The fourth-order valence-corrected chi connectivity index (χ4v) is 2.80. The highest BCUT2D eigenvalue weighted by Gasteiger charge is 2.04. The summed E-state index contributed by atoms with van der Waals surface area (Å²) in [6, 6.07) is 7.85. The van der Waals surface area contributed by atoms with Gasteiger partial charge in [-0.2, -0.15) is 0 Å². The Hall–Kier alpha value is -1.02. The second-order valence-electron chi connectivity index (χ2n) is 6.52. The molecule has 0 fully saturated rings. The van der Waals surface area contributed by atoms with E-state index in [2.05, 4.69) is 6.92 Å². The fourth-order valence-electron chi connectivity index (χ4n) is 2.80. The van der Waals surface area contributed by atoms with Gasteiger partial charge in [0.05, 0.1) is 12.7 Å². The number of hydrogen-bond donors (Lipinski definition) is 1. The van der Waals surface area contributed by atoms with Gasteiger partial charge in [-0.1, -0.05) is 83.8 Å². The molecule has 23 heavy (non-hydrogen) atoms. The van der Waals surface area contributed by atoms with E-state index in [1.807, 2.05) is 31.2 Å². The lowest BCUT2D eigenvalue weighted by Crippen LogP contribution is -1.99. The van der Waals surface area contributed by atoms with Crippen LogP contribution in [0.25, 0.3) is 0 Å². The van der Waals surface area contributed by atoms with Gasteiger partial charge in [0.2, 0.25) is 0 Å². The molecule has 1 aromatic carbocycles. The summed E-state index contributed by atoms with van der Waals surface area (Å²) in [5, 5.41) is 9.76. The van der Waals surface area contributed by atoms with Crippen LogP contribution < -0.4 is 4.74 Å². The van der Waals surface area contributed by atoms with Crippen molar-refractivity contribution in [2.75, 3.05) is 6.61 Å². The van der Waals surface area contributed by atoms with Gasteiger partial charge in [0.1, 0.15) is 5.75 Å². The Morgan fingerprint density at radius 1 is 0.783 bits per heavy atom. The summed E-state index contributed by atoms with van der Waals surface area (Å²) in [6.45, 7) is 5.05. The molecule has 0 spiro atoms. The van der Waals surface area contributed by atoms with Gasteiger partial charge in [-0.15, -0.1) is 0 Å². The maximum atomic E-state index is 9.76. The molecule has 0 heterocycles. The van der Waals surface area contributed by atoms with Crippen molar-refractivity contribution in [3.05, 3.63) is 29.8 Å². The molecular formula is C21H36O2. The van der Waals surface area contributed by atoms with E-state index in [0.717, 1.165) is 30.8 Å². The van der Waals surface area contributed by atoms with E-state index in [4.69, 9.17) is 4.74 Å². The highest BCUT2D eigenvalue weighted by Crippen LogP contribution is 2.20. The highest BCUT2D eigenvalue weighted by atomic mass is 16.5. The highest BCUT2D eigenvalue weighted by molar-refractivity contribution is 5.28. The van der Waals surface area contributed by atoms with Gasteiger partial charge >= 0.3 is 0 Å². The number of unbranched alkanes of at least 4 members (excludes halogenated alkanes) is 9. The van der Waals surface area contributed by atoms with Crippen molar-refractivity contribution in [2.45, 2.75) is 90.6 Å². The van der Waals surface area contributed by atoms with Crippen LogP contribution in [0.2, 0.25) is 0 Å². The third kappa shape index (κ3) is 9.65. The molecule has 0 aliphatic heterocycles. The van der Waals surface area contributed by atoms with Crippen molar-refractivity contribution in [2.24, 2.45) is 0 Å². The maximum absolute atomic E-state index is 9.76. The lowest BCUT2D eigenvalue weighted by molar-refractivity contribution is 0.173. The van der Waals surface area contributed by atoms with Gasteiger partial charge in [-0.25, -0.2) is 0 Å². The zero-order chi connectivity index (χ0) is 16.8. The summed E-state index contributed by atoms with van der Waals surface area (Å²) in [6.07, 6.45) is 13.9. The third-order valence-corrected chi connectivity index (χ3v) is 4.42. The average Bonchev–Trinajstić information content (AvgIpc) is 2.59. The zero-order valence-electron chi connectivity index (χ0n) is 15.2. The number of benzene rings is 1. The summed E-state index contributed by atoms with van der Waals surface area (Å²) in [5.41, 5.74) is 0.971. The van der Waals surface area contributed by atoms with E-state index < -0.39 is 0 Å². The molecule has 0 amide bonds. The molecule has 1 aromatic rings. The minimum Gasteiger partial charge on any atom is -0.494 e. The molecule has 1 atom stereocenters. The van der Waals surface area contributed by atoms with Crippen LogP contribution in [-0.4, -0.2) is 11.7 Å². The molecule has 132 valence electrons. The van der Waals surface area contributed by atoms with E-state index >= 15 is 0 Å². The molecule has 0 radical (unpaired) electrons. The van der Waals surface area contributed by atoms with Crippen LogP contribution in [0.5, 0.6) is 5.75 Å². The van der Waals surface area contributed by atoms with Gasteiger partial charge in [-0.3, -0.25) is 0 Å². The first-order valence-corrected chi connectivity index (χ1v) is 9.68. The molecule has 1 rings (SSSR count). The smallest absolute Gasteiger partial charge is 0.119 e. The molecule has 2 nitrogen and oxygen atoms in total. The maximum Gasteiger partial charge on any atom is 0.119 e. The normalized spacial score (nSPS) is 12.3. The summed E-state index contributed by atoms with van der Waals surface area (Å²) >= 11 is 0. The van der Waals surface area contributed by atoms with Gasteiger partial charge in [0.15, 0.2) is 0 Å². The summed E-state index contributed by atoms with van der Waals surface area (Å²) < 4.78 is 5.76. The standard InChI is InChI=1S/C21H36O2/c1-3-5-6-7-8-9-10-11-12-13-18-23-20-16-14-19(15-17-20)21(22)4-2/h14-17,21-22H,3-13,18H2,1-2H3. The van der Waals surface area contributed by atoms with E-state index in [9.17, 15) is 5.11 Å². The average molecular weight is 321 g/mol. The van der Waals surface area contributed by atoms with Crippen LogP contribution in [0.15, 0.2) is 24.3 Å². The Labute approximate surface area is 143 Å². The van der Waals surface area contributed by atoms with Crippen molar-refractivity contribution in [1.82, 2.24) is 0 Å². The van der Waals surface area contributed by atoms with Gasteiger partial charge < -0.3 is 9.84 Å². The molecule has 0 aliphatic rings. The number of aliphatic hydroxyl groups excluding tert-OH is 1. The van der Waals surface area contributed by atoms with Crippen LogP contribution in [0.1, 0.15) is 96.1 Å². The lowest BCUT2D eigenvalue weighted by Gasteiger charge is -2.10. The number of hydrogen-bond acceptors (Lipinski definition) is 2. The number of rotatable bonds is 14. The minimum atomic E-state index is -0.356. The van der Waals surface area contributed by atoms with Crippen molar-refractivity contribution < 1.29 is 9.84 Å². The van der Waals surface area contributed by atoms with Crippen LogP contribution >= 0.6 is 0 Å². The van der Waals surface area contributed by atoms with Crippen molar-refractivity contribution >= 4 is 0 Å². The molecule has 0 aliphatic carbocycles. The first-order chi connectivity index (χ1) is 11.3. The Morgan fingerprint density at radius 2 is 1.30 bits per heavy atom. The SMILES string of the molecule is CCCCCCCCCCCCOc1ccc(C(O)CC)cc1. The largest absolute Gasteiger partial charge is 0.494 e. The van der Waals surface area contributed by atoms with E-state index in [-0.39, 0.29) is 6.10 Å². The Balaban J connectivity index is 1.96. The topological polar surface area (TPSA) is 29.5 Å². The van der Waals surface area contributed by atoms with Crippen LogP contribution in [0.3, 0.4) is 0 Å². The summed E-state index contributed by atoms with van der Waals surface area (Å²) in [7, 11) is 0. The molecule has 0 saturated carbocycles. The number of ether oxygens (including phenoxy) is 1. The zero-order valence-corrected chi connectivity index (χ0v) is 15.2. The quantitative estimate of drug-likeness (QED) is 0.400. The van der Waals surface area contributed by atoms with E-state index in [0.29, 0.717) is 0 Å². The predicted molar refractivity (Wildman–Crippen MR) is 99.0 cm³/mol. The van der Waals surface area contributed by atoms with Crippen molar-refractivity contribution in [3.8, 4) is 5.75 Å². The van der Waals surface area contributed by atoms with Crippen molar-refractivity contribution in [3.63, 3.8) is 0 Å². The second-order valence-corrected chi connectivity index (χ2v) is 6.52. The minimum absolute atomic E-state index is 0.356. The van der Waals surface area contributed by atoms with Gasteiger partial charge in [0, 0.05) is 0 Å². The third-order valence-electron chi connectivity index (χ3n) is 4.42. The molecule has 1 unspecified atom stereocenters. The Bertz CT molecular complexity index is 372. The summed E-state index contributed by atoms with van der Waals surface area (Å²) in [4.78, 5) is 0. The molecule has 0 aromatic heterocycles. The van der Waals surface area contributed by atoms with Gasteiger partial charge in [-0.05, 0) is 30.5 Å². The fraction of sp³-hybridized carbons (Fsp3) is 0.714. The number of aliphatic hydroxyl groups is 1. The molecule has 1 N–H and O–H groups in total. The first-order valence-electron chi connectivity index (χ1n) is 9.68. The summed E-state index contributed by atoms with van der Waals surface area (Å²) in [5.74, 6) is 0.910. The van der Waals surface area contributed by atoms with Gasteiger partial charge in [0.25, 0.3) is 0 Å². The Kier molecular flexibility index (Phi) is 11.7. The van der Waals surface area contributed by atoms with E-state index in [1.54, 1.807) is 0 Å². The Morgan fingerprint density at radius 3 is 1.83 bits per heavy atom. The monoisotopic (exact) mass is 320 g/mol. The van der Waals surface area contributed by atoms with Crippen molar-refractivity contribution in [1.29, 1.82) is 0 Å². The first kappa shape index (κ1) is 20.0. The molecular weight excluding hydrogens is 284 g/mol. The predicted octanol–water partition coefficient (Wildman–Crippen LogP) is 6.43. The lowest BCUT2D eigenvalue weighted by atomic mass is 10.1. The van der Waals surface area contributed by atoms with Crippen LogP contribution in [-0.2, 0) is 0 Å². The van der Waals surface area contributed by atoms with Crippen LogP contribution in [0.4, 0.5) is 0 Å².